The molecule has 11 heteroatoms. The minimum atomic E-state index is -2.64. The first kappa shape index (κ1) is 112. The predicted octanol–water partition coefficient (Wildman–Crippen LogP) is 29.6. The molecule has 0 bridgehead atoms. The fourth-order valence-corrected chi connectivity index (χ4v) is 36.6. The number of aliphatic hydroxyl groups excluding tert-OH is 2. The first-order valence-corrected chi connectivity index (χ1v) is 59.7. The zero-order valence-corrected chi connectivity index (χ0v) is 90.4. The van der Waals surface area contributed by atoms with Crippen LogP contribution in [0.25, 0.3) is 0 Å². The van der Waals surface area contributed by atoms with Crippen molar-refractivity contribution in [2.75, 3.05) is 6.16 Å². The van der Waals surface area contributed by atoms with E-state index in [2.05, 4.69) is 201 Å². The molecule has 6 unspecified atom stereocenters. The molecule has 0 saturated heterocycles. The maximum Gasteiger partial charge on any atom is 1.00 e. The molecule has 718 valence electrons. The number of aliphatic hydroxyl groups is 3. The second kappa shape index (κ2) is 51.6. The van der Waals surface area contributed by atoms with Crippen LogP contribution >= 0.6 is 7.14 Å². The third-order valence-electron chi connectivity index (χ3n) is 35.1. The SMILES string of the molecule is CC=C1[C@H](C)CC(=C/C=C2\CCC[C@@]3(C)C2CCC3[C@H](C)CCCC(C)(C)O[Si](CC)(CC)CC)C[C@H]1C.CC=C1[C@H](C)CC(=CCP(=O)(c2ccccc2)c2ccccc2)C[C@H]1C.CC=C1[C@H](O)CC(=C/C=C2\CCC[C@@]3(C)C2CCC3[C@H](C)CCCC(C)(C)O)C[C@H]1O.CC[Si](CC)(CC)OC(C)(C)CCC[C@@H](C)C1CCC2C(=O)CCC[C@@]21C.[Li+].[c-]1ccccc1. The topological polar surface area (TPSA) is 113 Å². The number of carbonyl (C=O) groups is 1. The van der Waals surface area contributed by atoms with Crippen LogP contribution in [-0.2, 0) is 18.2 Å². The molecule has 9 aliphatic carbocycles. The van der Waals surface area contributed by atoms with E-state index >= 15 is 0 Å². The first-order valence-electron chi connectivity index (χ1n) is 52.7. The molecule has 0 aliphatic heterocycles. The van der Waals surface area contributed by atoms with Crippen molar-refractivity contribution >= 4 is 40.2 Å². The summed E-state index contributed by atoms with van der Waals surface area (Å²) in [6, 6.07) is 39.9. The van der Waals surface area contributed by atoms with Crippen molar-refractivity contribution in [1.82, 2.24) is 0 Å². The number of allylic oxidation sites excluding steroid dienone is 14. The zero-order valence-electron chi connectivity index (χ0n) is 87.5. The maximum atomic E-state index is 14.1. The standard InChI is InChI=1S/C36H64OSi.C28H46O3.C24H46O2Si.C24H29OP.C6H5.Li/c1-11-32-28(6)25-30(26-29(32)7)19-20-31-18-16-24-36(10)33(21-22-34(31)36)27(5)17-15-23-35(8,9)37-38(12-2,13-3)14-4;1-6-22-25(29)17-20(18-26(22)30)11-12-21-10-8-16-28(5)23(13-14-24(21)28)19(2)9-7-15-27(3,4)31;1-8-27(9-2,10-3)26-23(5,6)17-11-13-19(4)20-15-16-21-22(25)14-12-18-24(20,21)7;1-4-24-19(2)17-21(18-20(24)3)15-16-26(25,22-11-7-5-8-12-22)23-13-9-6-10-14-23;1-2-4-6-5-3-1;/h11,19-20,27-29,33-34H,12-18,21-26H2,1-10H3;6,11-12,19,23-26,29-31H,7-10,13-18H2,1-5H3;19-21H,8-18H2,1-7H3;4-15,19-20H,16-18H2,1-3H3;1-5H;/q;;;;-1;+1/b30-19?,31-20+,32-11?;20-11?,21-12+,22-6?;;;;/t27-,28-,29-,33?,34?,36-;19-,23?,24?,25-,26-,28-;19-,20?,21?,24-;19-,20-;;/m1111../s1. The molecule has 9 aliphatic rings. The number of hydrogen-bond donors (Lipinski definition) is 3. The minimum Gasteiger partial charge on any atom is -0.412 e. The average molecular weight is 1810 g/mol. The second-order valence-electron chi connectivity index (χ2n) is 45.3. The van der Waals surface area contributed by atoms with Gasteiger partial charge in [-0.25, -0.2) is 0 Å². The maximum absolute atomic E-state index is 14.1. The number of Topliss-reactive ketones (excluding diaryl/α,β-unsaturated/α-hetero) is 1. The van der Waals surface area contributed by atoms with Gasteiger partial charge in [-0.2, -0.15) is 36.4 Å². The molecule has 3 aromatic carbocycles. The number of ketones is 1. The van der Waals surface area contributed by atoms with Crippen LogP contribution < -0.4 is 29.5 Å². The van der Waals surface area contributed by atoms with Crippen LogP contribution in [0.3, 0.4) is 0 Å². The molecule has 0 spiro atoms. The van der Waals surface area contributed by atoms with E-state index < -0.39 is 41.6 Å². The van der Waals surface area contributed by atoms with Gasteiger partial charge in [0.25, 0.3) is 0 Å². The van der Waals surface area contributed by atoms with Gasteiger partial charge in [0.05, 0.1) is 29.0 Å². The van der Waals surface area contributed by atoms with Crippen molar-refractivity contribution in [1.29, 1.82) is 0 Å². The van der Waals surface area contributed by atoms with E-state index in [9.17, 15) is 24.7 Å². The monoisotopic (exact) mass is 1810 g/mol. The largest absolute Gasteiger partial charge is 1.00 e. The normalized spacial score (nSPS) is 29.2. The Bertz CT molecular complexity index is 4040. The predicted molar refractivity (Wildman–Crippen MR) is 558 cm³/mol. The van der Waals surface area contributed by atoms with Crippen molar-refractivity contribution in [2.24, 2.45) is 93.2 Å². The summed E-state index contributed by atoms with van der Waals surface area (Å²) >= 11 is 0. The van der Waals surface area contributed by atoms with Crippen molar-refractivity contribution in [3.63, 3.8) is 0 Å². The first-order chi connectivity index (χ1) is 60.7. The molecular weight excluding hydrogens is 1620 g/mol. The van der Waals surface area contributed by atoms with E-state index in [1.165, 1.54) is 176 Å². The fraction of sp³-hybridized carbons (Fsp3) is 0.703. The molecule has 0 aromatic heterocycles. The van der Waals surface area contributed by atoms with Gasteiger partial charge in [0, 0.05) is 29.1 Å². The fourth-order valence-electron chi connectivity index (χ4n) is 27.6. The number of fused-ring (bicyclic) bond motifs is 3. The van der Waals surface area contributed by atoms with Crippen LogP contribution in [0, 0.1) is 99.2 Å². The average Bonchev–Trinajstić information content (AvgIpc) is 1.62. The van der Waals surface area contributed by atoms with E-state index in [1.807, 2.05) is 118 Å². The van der Waals surface area contributed by atoms with Gasteiger partial charge in [-0.3, -0.25) is 4.79 Å². The zero-order chi connectivity index (χ0) is 94.1. The molecule has 12 rings (SSSR count). The van der Waals surface area contributed by atoms with Crippen LogP contribution in [0.1, 0.15) is 366 Å². The summed E-state index contributed by atoms with van der Waals surface area (Å²) < 4.78 is 27.8. The van der Waals surface area contributed by atoms with Crippen LogP contribution in [0.5, 0.6) is 0 Å². The third-order valence-corrected chi connectivity index (χ3v) is 47.8. The summed E-state index contributed by atoms with van der Waals surface area (Å²) in [5.41, 5.74) is 12.4. The van der Waals surface area contributed by atoms with E-state index in [4.69, 9.17) is 8.85 Å². The Labute approximate surface area is 807 Å². The molecule has 18 atom stereocenters. The van der Waals surface area contributed by atoms with Crippen LogP contribution in [0.4, 0.5) is 0 Å². The van der Waals surface area contributed by atoms with Crippen molar-refractivity contribution in [2.45, 2.75) is 431 Å². The van der Waals surface area contributed by atoms with Gasteiger partial charge in [0.15, 0.2) is 16.6 Å². The number of rotatable bonds is 31. The Morgan fingerprint density at radius 3 is 1.14 bits per heavy atom. The van der Waals surface area contributed by atoms with E-state index in [1.54, 1.807) is 27.9 Å². The molecule has 0 amide bonds. The molecule has 3 aromatic rings. The minimum absolute atomic E-state index is 0. The molecule has 3 N–H and O–H groups in total. The van der Waals surface area contributed by atoms with E-state index in [0.29, 0.717) is 77.0 Å². The van der Waals surface area contributed by atoms with Crippen LogP contribution in [0.15, 0.2) is 184 Å². The Morgan fingerprint density at radius 1 is 0.465 bits per heavy atom. The Balaban J connectivity index is 0.000000231. The van der Waals surface area contributed by atoms with Gasteiger partial charge >= 0.3 is 18.9 Å². The van der Waals surface area contributed by atoms with Gasteiger partial charge in [0.2, 0.25) is 0 Å². The van der Waals surface area contributed by atoms with E-state index in [0.717, 1.165) is 103 Å². The third kappa shape index (κ3) is 30.4. The van der Waals surface area contributed by atoms with Gasteiger partial charge in [0.1, 0.15) is 12.9 Å². The molecular formula is C118H190LiO7PSi2. The summed E-state index contributed by atoms with van der Waals surface area (Å²) in [5.74, 6) is 9.66. The second-order valence-corrected chi connectivity index (χ2v) is 57.5. The number of benzene rings is 3. The molecule has 0 heterocycles. The van der Waals surface area contributed by atoms with Gasteiger partial charge in [-0.05, 0) is 339 Å². The van der Waals surface area contributed by atoms with E-state index in [-0.39, 0.29) is 35.5 Å². The smallest absolute Gasteiger partial charge is 0.412 e. The molecule has 0 radical (unpaired) electrons. The quantitative estimate of drug-likeness (QED) is 0.0254. The molecule has 9 fully saturated rings. The van der Waals surface area contributed by atoms with Crippen molar-refractivity contribution in [3.05, 3.63) is 190 Å². The number of carbonyl (C=O) groups excluding carboxylic acids is 1. The Hall–Kier alpha value is -3.69. The Kier molecular flexibility index (Phi) is 45.0. The number of hydrogen-bond acceptors (Lipinski definition) is 7. The van der Waals surface area contributed by atoms with Gasteiger partial charge < -0.3 is 28.7 Å². The van der Waals surface area contributed by atoms with Crippen LogP contribution in [-0.4, -0.2) is 72.9 Å². The molecule has 7 nitrogen and oxygen atoms in total. The summed E-state index contributed by atoms with van der Waals surface area (Å²) in [6.45, 7) is 58.1. The Morgan fingerprint density at radius 2 is 0.798 bits per heavy atom. The summed E-state index contributed by atoms with van der Waals surface area (Å²) in [6.07, 6.45) is 53.9. The molecule has 129 heavy (non-hydrogen) atoms. The molecule has 9 saturated carbocycles. The van der Waals surface area contributed by atoms with Crippen molar-refractivity contribution < 1.29 is 52.4 Å². The summed E-state index contributed by atoms with van der Waals surface area (Å²) in [7, 11) is -5.73. The van der Waals surface area contributed by atoms with Crippen molar-refractivity contribution in [3.8, 4) is 0 Å². The summed E-state index contributed by atoms with van der Waals surface area (Å²) in [4.78, 5) is 12.4. The van der Waals surface area contributed by atoms with Gasteiger partial charge in [-0.15, -0.1) is 0 Å². The van der Waals surface area contributed by atoms with Gasteiger partial charge in [-0.1, -0.05) is 298 Å². The van der Waals surface area contributed by atoms with Crippen LogP contribution in [0.2, 0.25) is 36.3 Å². The summed E-state index contributed by atoms with van der Waals surface area (Å²) in [5, 5.41) is 32.7.